The topological polar surface area (TPSA) is 48.5 Å². The van der Waals surface area contributed by atoms with Gasteiger partial charge in [0.15, 0.2) is 17.5 Å². The van der Waals surface area contributed by atoms with Crippen LogP contribution in [0, 0.1) is 0 Å². The minimum absolute atomic E-state index is 0.626. The number of rotatable bonds is 6. The summed E-state index contributed by atoms with van der Waals surface area (Å²) in [6, 6.07) is 70.5. The van der Waals surface area contributed by atoms with Crippen molar-refractivity contribution in [3.05, 3.63) is 200 Å². The van der Waals surface area contributed by atoms with E-state index in [1.165, 1.54) is 38.2 Å². The Hall–Kier alpha value is -7.63. The van der Waals surface area contributed by atoms with Crippen molar-refractivity contribution < 1.29 is 0 Å². The summed E-state index contributed by atoms with van der Waals surface area (Å²) in [5.74, 6) is 1.91. The van der Waals surface area contributed by atoms with Gasteiger partial charge in [-0.2, -0.15) is 0 Å². The summed E-state index contributed by atoms with van der Waals surface area (Å²) in [5, 5.41) is 4.86. The molecule has 11 rings (SSSR count). The molecule has 5 heteroatoms. The van der Waals surface area contributed by atoms with E-state index in [1.807, 2.05) is 60.7 Å². The molecule has 0 bridgehead atoms. The second-order valence-corrected chi connectivity index (χ2v) is 14.1. The molecule has 0 fully saturated rings. The van der Waals surface area contributed by atoms with Gasteiger partial charge in [0.05, 0.1) is 22.1 Å². The van der Waals surface area contributed by atoms with Crippen LogP contribution in [0.5, 0.6) is 0 Å². The molecule has 0 aliphatic carbocycles. The largest absolute Gasteiger partial charge is 0.309 e. The molecule has 0 aliphatic heterocycles. The Morgan fingerprint density at radius 3 is 1.16 bits per heavy atom. The van der Waals surface area contributed by atoms with E-state index in [0.29, 0.717) is 17.5 Å². The predicted molar refractivity (Wildman–Crippen MR) is 230 cm³/mol. The first-order valence-electron chi connectivity index (χ1n) is 18.9. The maximum atomic E-state index is 5.05. The summed E-state index contributed by atoms with van der Waals surface area (Å²) in [5.41, 5.74) is 11.9. The molecule has 11 aromatic rings. The molecular weight excluding hydrogens is 683 g/mol. The standard InChI is InChI=1S/C51H33N5/c1-4-16-34(17-5-1)37-22-14-24-39(30-37)55-45-28-12-10-26-41(45)43-32-44-42-27-11-13-29-46(42)56(48(44)33-47(43)55)40-25-15-23-38(31-40)51-53-49(35-18-6-2-7-19-35)52-50(54-51)36-20-8-3-9-21-36/h1-33H. The average molecular weight is 716 g/mol. The number of para-hydroxylation sites is 2. The molecule has 3 heterocycles. The molecule has 0 amide bonds. The lowest BCUT2D eigenvalue weighted by Crippen LogP contribution is -2.01. The van der Waals surface area contributed by atoms with Crippen molar-refractivity contribution in [3.63, 3.8) is 0 Å². The van der Waals surface area contributed by atoms with Crippen LogP contribution in [-0.4, -0.2) is 24.1 Å². The molecule has 0 spiro atoms. The molecule has 0 radical (unpaired) electrons. The lowest BCUT2D eigenvalue weighted by Gasteiger charge is -2.13. The fourth-order valence-electron chi connectivity index (χ4n) is 8.16. The molecular formula is C51H33N5. The Kier molecular flexibility index (Phi) is 7.42. The van der Waals surface area contributed by atoms with Crippen molar-refractivity contribution in [2.24, 2.45) is 0 Å². The van der Waals surface area contributed by atoms with Gasteiger partial charge in [0, 0.05) is 49.6 Å². The van der Waals surface area contributed by atoms with Gasteiger partial charge in [-0.15, -0.1) is 0 Å². The summed E-state index contributed by atoms with van der Waals surface area (Å²) in [6.45, 7) is 0. The minimum atomic E-state index is 0.626. The number of fused-ring (bicyclic) bond motifs is 6. The molecule has 0 aliphatic rings. The molecule has 0 unspecified atom stereocenters. The van der Waals surface area contributed by atoms with Crippen molar-refractivity contribution in [1.29, 1.82) is 0 Å². The first-order valence-corrected chi connectivity index (χ1v) is 18.9. The fourth-order valence-corrected chi connectivity index (χ4v) is 8.16. The maximum Gasteiger partial charge on any atom is 0.164 e. The molecule has 0 saturated carbocycles. The van der Waals surface area contributed by atoms with Gasteiger partial charge in [-0.05, 0) is 59.7 Å². The summed E-state index contributed by atoms with van der Waals surface area (Å²) >= 11 is 0. The number of benzene rings is 8. The monoisotopic (exact) mass is 715 g/mol. The fraction of sp³-hybridized carbons (Fsp3) is 0. The van der Waals surface area contributed by atoms with Gasteiger partial charge in [0.1, 0.15) is 0 Å². The second kappa shape index (κ2) is 13.0. The summed E-state index contributed by atoms with van der Waals surface area (Å²) in [7, 11) is 0. The van der Waals surface area contributed by atoms with Crippen molar-refractivity contribution in [2.45, 2.75) is 0 Å². The quantitative estimate of drug-likeness (QED) is 0.172. The van der Waals surface area contributed by atoms with E-state index in [2.05, 4.69) is 149 Å². The van der Waals surface area contributed by atoms with Gasteiger partial charge in [-0.25, -0.2) is 15.0 Å². The third kappa shape index (κ3) is 5.29. The SMILES string of the molecule is c1ccc(-c2cccc(-n3c4ccccc4c4cc5c6ccccc6n(-c6cccc(-c7nc(-c8ccccc8)nc(-c8ccccc8)n7)c6)c5cc43)c2)cc1. The second-order valence-electron chi connectivity index (χ2n) is 14.1. The molecule has 56 heavy (non-hydrogen) atoms. The molecule has 0 atom stereocenters. The smallest absolute Gasteiger partial charge is 0.164 e. The Balaban J connectivity index is 1.14. The van der Waals surface area contributed by atoms with E-state index < -0.39 is 0 Å². The van der Waals surface area contributed by atoms with Crippen molar-refractivity contribution in [1.82, 2.24) is 24.1 Å². The van der Waals surface area contributed by atoms with Crippen molar-refractivity contribution in [2.75, 3.05) is 0 Å². The number of nitrogens with zero attached hydrogens (tertiary/aromatic N) is 5. The van der Waals surface area contributed by atoms with Crippen LogP contribution in [0.2, 0.25) is 0 Å². The van der Waals surface area contributed by atoms with Crippen LogP contribution in [0.1, 0.15) is 0 Å². The molecule has 3 aromatic heterocycles. The highest BCUT2D eigenvalue weighted by molar-refractivity contribution is 6.19. The van der Waals surface area contributed by atoms with Crippen LogP contribution in [0.25, 0.3) is 100 Å². The molecule has 262 valence electrons. The predicted octanol–water partition coefficient (Wildman–Crippen LogP) is 12.7. The van der Waals surface area contributed by atoms with Gasteiger partial charge < -0.3 is 9.13 Å². The highest BCUT2D eigenvalue weighted by Crippen LogP contribution is 2.40. The molecule has 8 aromatic carbocycles. The van der Waals surface area contributed by atoms with Crippen LogP contribution in [-0.2, 0) is 0 Å². The van der Waals surface area contributed by atoms with Gasteiger partial charge >= 0.3 is 0 Å². The van der Waals surface area contributed by atoms with Crippen LogP contribution in [0.4, 0.5) is 0 Å². The first kappa shape index (κ1) is 31.9. The third-order valence-electron chi connectivity index (χ3n) is 10.7. The van der Waals surface area contributed by atoms with E-state index in [4.69, 9.17) is 15.0 Å². The van der Waals surface area contributed by atoms with Gasteiger partial charge in [0.2, 0.25) is 0 Å². The maximum absolute atomic E-state index is 5.05. The van der Waals surface area contributed by atoms with Crippen LogP contribution >= 0.6 is 0 Å². The highest BCUT2D eigenvalue weighted by Gasteiger charge is 2.20. The number of hydrogen-bond donors (Lipinski definition) is 0. The van der Waals surface area contributed by atoms with E-state index in [9.17, 15) is 0 Å². The Bertz CT molecular complexity index is 3180. The Labute approximate surface area is 323 Å². The lowest BCUT2D eigenvalue weighted by atomic mass is 10.1. The number of aromatic nitrogens is 5. The summed E-state index contributed by atoms with van der Waals surface area (Å²) < 4.78 is 4.80. The third-order valence-corrected chi connectivity index (χ3v) is 10.7. The first-order chi connectivity index (χ1) is 27.8. The highest BCUT2D eigenvalue weighted by atomic mass is 15.0. The lowest BCUT2D eigenvalue weighted by molar-refractivity contribution is 1.07. The summed E-state index contributed by atoms with van der Waals surface area (Å²) in [4.78, 5) is 15.0. The van der Waals surface area contributed by atoms with E-state index in [1.54, 1.807) is 0 Å². The van der Waals surface area contributed by atoms with E-state index in [0.717, 1.165) is 44.6 Å². The van der Waals surface area contributed by atoms with Crippen LogP contribution < -0.4 is 0 Å². The van der Waals surface area contributed by atoms with Crippen molar-refractivity contribution in [3.8, 4) is 56.7 Å². The normalized spacial score (nSPS) is 11.6. The average Bonchev–Trinajstić information content (AvgIpc) is 3.78. The van der Waals surface area contributed by atoms with E-state index in [-0.39, 0.29) is 0 Å². The minimum Gasteiger partial charge on any atom is -0.309 e. The summed E-state index contributed by atoms with van der Waals surface area (Å²) in [6.07, 6.45) is 0. The zero-order chi connectivity index (χ0) is 37.0. The van der Waals surface area contributed by atoms with Crippen LogP contribution in [0.15, 0.2) is 200 Å². The molecule has 0 N–H and O–H groups in total. The van der Waals surface area contributed by atoms with E-state index >= 15 is 0 Å². The van der Waals surface area contributed by atoms with Gasteiger partial charge in [-0.1, -0.05) is 152 Å². The van der Waals surface area contributed by atoms with Gasteiger partial charge in [-0.3, -0.25) is 0 Å². The molecule has 5 nitrogen and oxygen atoms in total. The van der Waals surface area contributed by atoms with Gasteiger partial charge in [0.25, 0.3) is 0 Å². The zero-order valence-corrected chi connectivity index (χ0v) is 30.3. The van der Waals surface area contributed by atoms with Crippen molar-refractivity contribution >= 4 is 43.6 Å². The zero-order valence-electron chi connectivity index (χ0n) is 30.3. The Morgan fingerprint density at radius 1 is 0.250 bits per heavy atom. The molecule has 0 saturated heterocycles. The number of hydrogen-bond acceptors (Lipinski definition) is 3. The Morgan fingerprint density at radius 2 is 0.643 bits per heavy atom. The van der Waals surface area contributed by atoms with Crippen LogP contribution in [0.3, 0.4) is 0 Å².